The van der Waals surface area contributed by atoms with Crippen LogP contribution in [0.4, 0.5) is 0 Å². The van der Waals surface area contributed by atoms with E-state index in [9.17, 15) is 18.0 Å². The lowest BCUT2D eigenvalue weighted by atomic mass is 9.81. The first-order chi connectivity index (χ1) is 16.2. The molecule has 2 aromatic carbocycles. The van der Waals surface area contributed by atoms with Gasteiger partial charge in [0.05, 0.1) is 4.90 Å². The van der Waals surface area contributed by atoms with Gasteiger partial charge >= 0.3 is 0 Å². The molecule has 0 bridgehead atoms. The molecule has 0 heterocycles. The summed E-state index contributed by atoms with van der Waals surface area (Å²) >= 11 is 0. The van der Waals surface area contributed by atoms with Crippen molar-refractivity contribution in [3.05, 3.63) is 65.7 Å². The SMILES string of the molecule is Cc1ccc(S(=O)(=O)NCC2CCC(C(=O)NC(C)C(=O)NCCc3ccccc3)CC2)cc1. The molecule has 0 spiro atoms. The number of aryl methyl sites for hydroxylation is 1. The molecule has 2 amide bonds. The number of nitrogens with one attached hydrogen (secondary N) is 3. The minimum atomic E-state index is -3.53. The van der Waals surface area contributed by atoms with Crippen LogP contribution in [-0.4, -0.2) is 39.4 Å². The fourth-order valence-electron chi connectivity index (χ4n) is 4.18. The Balaban J connectivity index is 1.36. The van der Waals surface area contributed by atoms with E-state index in [1.54, 1.807) is 31.2 Å². The molecule has 0 aliphatic heterocycles. The summed E-state index contributed by atoms with van der Waals surface area (Å²) in [6.07, 6.45) is 3.65. The average molecular weight is 486 g/mol. The van der Waals surface area contributed by atoms with Gasteiger partial charge in [0.1, 0.15) is 6.04 Å². The molecule has 1 aliphatic carbocycles. The van der Waals surface area contributed by atoms with E-state index < -0.39 is 16.1 Å². The van der Waals surface area contributed by atoms with E-state index in [-0.39, 0.29) is 28.5 Å². The van der Waals surface area contributed by atoms with Crippen molar-refractivity contribution >= 4 is 21.8 Å². The zero-order valence-corrected chi connectivity index (χ0v) is 20.7. The molecule has 7 nitrogen and oxygen atoms in total. The minimum absolute atomic E-state index is 0.107. The highest BCUT2D eigenvalue weighted by molar-refractivity contribution is 7.89. The highest BCUT2D eigenvalue weighted by atomic mass is 32.2. The number of sulfonamides is 1. The summed E-state index contributed by atoms with van der Waals surface area (Å²) in [4.78, 5) is 25.2. The maximum atomic E-state index is 12.6. The van der Waals surface area contributed by atoms with E-state index in [4.69, 9.17) is 0 Å². The fraction of sp³-hybridized carbons (Fsp3) is 0.462. The van der Waals surface area contributed by atoms with Gasteiger partial charge in [-0.2, -0.15) is 0 Å². The quantitative estimate of drug-likeness (QED) is 0.481. The van der Waals surface area contributed by atoms with Crippen molar-refractivity contribution in [1.29, 1.82) is 0 Å². The van der Waals surface area contributed by atoms with Crippen LogP contribution in [0.3, 0.4) is 0 Å². The maximum Gasteiger partial charge on any atom is 0.242 e. The van der Waals surface area contributed by atoms with E-state index in [1.807, 2.05) is 37.3 Å². The van der Waals surface area contributed by atoms with Crippen LogP contribution in [0.2, 0.25) is 0 Å². The summed E-state index contributed by atoms with van der Waals surface area (Å²) < 4.78 is 27.7. The summed E-state index contributed by atoms with van der Waals surface area (Å²) in [5.41, 5.74) is 2.16. The standard InChI is InChI=1S/C26H35N3O4S/c1-19-8-14-24(15-9-19)34(32,33)28-18-22-10-12-23(13-11-22)26(31)29-20(2)25(30)27-17-16-21-6-4-3-5-7-21/h3-9,14-15,20,22-23,28H,10-13,16-18H2,1-2H3,(H,27,30)(H,29,31). The van der Waals surface area contributed by atoms with Crippen LogP contribution in [0.5, 0.6) is 0 Å². The molecule has 8 heteroatoms. The molecule has 2 aromatic rings. The molecule has 1 fully saturated rings. The molecule has 1 atom stereocenters. The Morgan fingerprint density at radius 2 is 1.62 bits per heavy atom. The molecule has 0 radical (unpaired) electrons. The third-order valence-corrected chi connectivity index (χ3v) is 7.86. The van der Waals surface area contributed by atoms with E-state index in [1.165, 1.54) is 0 Å². The molecule has 3 rings (SSSR count). The lowest BCUT2D eigenvalue weighted by Gasteiger charge is -2.28. The monoisotopic (exact) mass is 485 g/mol. The first-order valence-corrected chi connectivity index (χ1v) is 13.4. The number of carbonyl (C=O) groups is 2. The molecule has 0 aromatic heterocycles. The third kappa shape index (κ3) is 7.67. The Bertz CT molecular complexity index is 1050. The molecule has 1 unspecified atom stereocenters. The second-order valence-corrected chi connectivity index (χ2v) is 10.9. The molecule has 34 heavy (non-hydrogen) atoms. The van der Waals surface area contributed by atoms with Crippen molar-refractivity contribution in [3.63, 3.8) is 0 Å². The lowest BCUT2D eigenvalue weighted by molar-refractivity contribution is -0.131. The zero-order valence-electron chi connectivity index (χ0n) is 19.9. The van der Waals surface area contributed by atoms with E-state index in [2.05, 4.69) is 15.4 Å². The summed E-state index contributed by atoms with van der Waals surface area (Å²) in [6.45, 7) is 4.50. The van der Waals surface area contributed by atoms with Gasteiger partial charge in [-0.15, -0.1) is 0 Å². The number of benzene rings is 2. The van der Waals surface area contributed by atoms with Crippen LogP contribution in [-0.2, 0) is 26.0 Å². The largest absolute Gasteiger partial charge is 0.354 e. The maximum absolute atomic E-state index is 12.6. The summed E-state index contributed by atoms with van der Waals surface area (Å²) in [7, 11) is -3.53. The van der Waals surface area contributed by atoms with Gasteiger partial charge < -0.3 is 10.6 Å². The summed E-state index contributed by atoms with van der Waals surface area (Å²) in [5.74, 6) is -0.250. The lowest BCUT2D eigenvalue weighted by Crippen LogP contribution is -2.47. The van der Waals surface area contributed by atoms with Crippen LogP contribution in [0, 0.1) is 18.8 Å². The number of hydrogen-bond acceptors (Lipinski definition) is 4. The van der Waals surface area contributed by atoms with Gasteiger partial charge in [-0.25, -0.2) is 13.1 Å². The van der Waals surface area contributed by atoms with Gasteiger partial charge in [0, 0.05) is 19.0 Å². The first kappa shape index (κ1) is 25.9. The Hall–Kier alpha value is -2.71. The molecular formula is C26H35N3O4S. The third-order valence-electron chi connectivity index (χ3n) is 6.42. The van der Waals surface area contributed by atoms with E-state index >= 15 is 0 Å². The molecular weight excluding hydrogens is 450 g/mol. The minimum Gasteiger partial charge on any atom is -0.354 e. The van der Waals surface area contributed by atoms with Crippen molar-refractivity contribution in [2.75, 3.05) is 13.1 Å². The molecule has 184 valence electrons. The van der Waals surface area contributed by atoms with Crippen molar-refractivity contribution in [2.45, 2.75) is 56.9 Å². The van der Waals surface area contributed by atoms with Gasteiger partial charge in [-0.1, -0.05) is 48.0 Å². The smallest absolute Gasteiger partial charge is 0.242 e. The van der Waals surface area contributed by atoms with Crippen LogP contribution in [0.1, 0.15) is 43.7 Å². The van der Waals surface area contributed by atoms with Gasteiger partial charge in [-0.05, 0) is 69.6 Å². The van der Waals surface area contributed by atoms with Crippen LogP contribution in [0.15, 0.2) is 59.5 Å². The van der Waals surface area contributed by atoms with Gasteiger partial charge in [0.2, 0.25) is 21.8 Å². The Kier molecular flexibility index (Phi) is 9.24. The number of carbonyl (C=O) groups excluding carboxylic acids is 2. The van der Waals surface area contributed by atoms with E-state index in [0.29, 0.717) is 25.9 Å². The average Bonchev–Trinajstić information content (AvgIpc) is 2.84. The summed E-state index contributed by atoms with van der Waals surface area (Å²) in [5, 5.41) is 5.71. The van der Waals surface area contributed by atoms with Crippen LogP contribution >= 0.6 is 0 Å². The normalized spacial score (nSPS) is 19.2. The number of hydrogen-bond donors (Lipinski definition) is 3. The van der Waals surface area contributed by atoms with E-state index in [0.717, 1.165) is 30.4 Å². The van der Waals surface area contributed by atoms with Crippen molar-refractivity contribution < 1.29 is 18.0 Å². The van der Waals surface area contributed by atoms with Crippen molar-refractivity contribution in [1.82, 2.24) is 15.4 Å². The van der Waals surface area contributed by atoms with Crippen LogP contribution in [0.25, 0.3) is 0 Å². The van der Waals surface area contributed by atoms with Crippen molar-refractivity contribution in [3.8, 4) is 0 Å². The predicted octanol–water partition coefficient (Wildman–Crippen LogP) is 2.94. The predicted molar refractivity (Wildman–Crippen MR) is 133 cm³/mol. The second kappa shape index (κ2) is 12.1. The second-order valence-electron chi connectivity index (χ2n) is 9.14. The van der Waals surface area contributed by atoms with Gasteiger partial charge in [0.15, 0.2) is 0 Å². The number of amides is 2. The summed E-state index contributed by atoms with van der Waals surface area (Å²) in [6, 6.07) is 16.1. The van der Waals surface area contributed by atoms with Crippen LogP contribution < -0.4 is 15.4 Å². The zero-order chi connectivity index (χ0) is 24.6. The number of rotatable bonds is 10. The van der Waals surface area contributed by atoms with Crippen molar-refractivity contribution in [2.24, 2.45) is 11.8 Å². The Morgan fingerprint density at radius 1 is 0.971 bits per heavy atom. The highest BCUT2D eigenvalue weighted by Crippen LogP contribution is 2.29. The van der Waals surface area contributed by atoms with Gasteiger partial charge in [-0.3, -0.25) is 9.59 Å². The Labute approximate surface area is 202 Å². The molecule has 1 saturated carbocycles. The molecule has 3 N–H and O–H groups in total. The topological polar surface area (TPSA) is 104 Å². The highest BCUT2D eigenvalue weighted by Gasteiger charge is 2.29. The first-order valence-electron chi connectivity index (χ1n) is 11.9. The Morgan fingerprint density at radius 3 is 2.26 bits per heavy atom. The molecule has 0 saturated heterocycles. The van der Waals surface area contributed by atoms with Gasteiger partial charge in [0.25, 0.3) is 0 Å². The fourth-order valence-corrected chi connectivity index (χ4v) is 5.30. The molecule has 1 aliphatic rings.